The Morgan fingerprint density at radius 2 is 1.64 bits per heavy atom. The predicted molar refractivity (Wildman–Crippen MR) is 49.5 cm³/mol. The summed E-state index contributed by atoms with van der Waals surface area (Å²) in [6.07, 6.45) is 2.12. The molecule has 0 aromatic heterocycles. The maximum absolute atomic E-state index is 8.64. The third-order valence-electron chi connectivity index (χ3n) is 2.77. The van der Waals surface area contributed by atoms with Gasteiger partial charge in [0.15, 0.2) is 0 Å². The van der Waals surface area contributed by atoms with Crippen LogP contribution in [0.3, 0.4) is 0 Å². The molecule has 1 heteroatoms. The van der Waals surface area contributed by atoms with E-state index in [0.717, 1.165) is 30.6 Å². The summed E-state index contributed by atoms with van der Waals surface area (Å²) in [4.78, 5) is 0. The quantitative estimate of drug-likeness (QED) is 0.652. The van der Waals surface area contributed by atoms with Crippen molar-refractivity contribution in [2.24, 2.45) is 17.8 Å². The molecule has 0 bridgehead atoms. The van der Waals surface area contributed by atoms with Gasteiger partial charge in [-0.3, -0.25) is 0 Å². The van der Waals surface area contributed by atoms with Crippen LogP contribution in [0.2, 0.25) is 0 Å². The van der Waals surface area contributed by atoms with Crippen LogP contribution in [0.25, 0.3) is 0 Å². The lowest BCUT2D eigenvalue weighted by Crippen LogP contribution is -2.14. The number of aliphatic hydroxyl groups is 1. The third kappa shape index (κ3) is 4.41. The molecule has 0 aromatic carbocycles. The van der Waals surface area contributed by atoms with Crippen molar-refractivity contribution in [3.05, 3.63) is 0 Å². The van der Waals surface area contributed by atoms with Crippen molar-refractivity contribution in [2.75, 3.05) is 6.61 Å². The fourth-order valence-corrected chi connectivity index (χ4v) is 1.33. The Morgan fingerprint density at radius 1 is 1.09 bits per heavy atom. The van der Waals surface area contributed by atoms with Gasteiger partial charge >= 0.3 is 0 Å². The topological polar surface area (TPSA) is 20.2 Å². The second-order valence-electron chi connectivity index (χ2n) is 3.95. The summed E-state index contributed by atoms with van der Waals surface area (Å²) in [6, 6.07) is 0. The molecule has 0 rings (SSSR count). The largest absolute Gasteiger partial charge is 0.396 e. The summed E-state index contributed by atoms with van der Waals surface area (Å²) in [5.74, 6) is 2.30. The van der Waals surface area contributed by atoms with E-state index in [2.05, 4.69) is 27.7 Å². The monoisotopic (exact) mass is 158 g/mol. The van der Waals surface area contributed by atoms with E-state index in [9.17, 15) is 0 Å². The highest BCUT2D eigenvalue weighted by atomic mass is 16.2. The number of rotatable bonds is 5. The van der Waals surface area contributed by atoms with Crippen LogP contribution in [0.5, 0.6) is 0 Å². The maximum Gasteiger partial charge on any atom is 0.0431 e. The molecule has 0 spiro atoms. The predicted octanol–water partition coefficient (Wildman–Crippen LogP) is 2.69. The molecule has 2 atom stereocenters. The van der Waals surface area contributed by atoms with Crippen LogP contribution in [-0.4, -0.2) is 11.7 Å². The Hall–Kier alpha value is -0.0400. The zero-order chi connectivity index (χ0) is 8.85. The van der Waals surface area contributed by atoms with Gasteiger partial charge in [0.05, 0.1) is 0 Å². The van der Waals surface area contributed by atoms with E-state index >= 15 is 0 Å². The molecule has 0 saturated heterocycles. The van der Waals surface area contributed by atoms with Crippen molar-refractivity contribution in [3.8, 4) is 0 Å². The lowest BCUT2D eigenvalue weighted by atomic mass is 9.84. The van der Waals surface area contributed by atoms with Crippen molar-refractivity contribution in [3.63, 3.8) is 0 Å². The maximum atomic E-state index is 8.64. The molecule has 0 aliphatic carbocycles. The standard InChI is InChI=1S/C10H22O/c1-8(2)10(4)9(3)6-5-7-11/h8-11H,5-7H2,1-4H3. The molecule has 1 nitrogen and oxygen atoms in total. The van der Waals surface area contributed by atoms with Crippen LogP contribution in [0.1, 0.15) is 40.5 Å². The molecule has 1 N–H and O–H groups in total. The van der Waals surface area contributed by atoms with Gasteiger partial charge in [0.25, 0.3) is 0 Å². The first-order valence-electron chi connectivity index (χ1n) is 4.70. The highest BCUT2D eigenvalue weighted by molar-refractivity contribution is 4.64. The summed E-state index contributed by atoms with van der Waals surface area (Å²) >= 11 is 0. The van der Waals surface area contributed by atoms with Gasteiger partial charge in [-0.05, 0) is 30.6 Å². The van der Waals surface area contributed by atoms with E-state index in [0.29, 0.717) is 6.61 Å². The van der Waals surface area contributed by atoms with Gasteiger partial charge in [-0.2, -0.15) is 0 Å². The summed E-state index contributed by atoms with van der Waals surface area (Å²) in [5, 5.41) is 8.64. The van der Waals surface area contributed by atoms with Crippen LogP contribution < -0.4 is 0 Å². The minimum absolute atomic E-state index is 0.342. The number of hydrogen-bond acceptors (Lipinski definition) is 1. The van der Waals surface area contributed by atoms with Crippen molar-refractivity contribution in [1.82, 2.24) is 0 Å². The average Bonchev–Trinajstić information content (AvgIpc) is 1.98. The Bertz CT molecular complexity index is 88.9. The zero-order valence-electron chi connectivity index (χ0n) is 8.30. The summed E-state index contributed by atoms with van der Waals surface area (Å²) < 4.78 is 0. The highest BCUT2D eigenvalue weighted by Gasteiger charge is 2.14. The van der Waals surface area contributed by atoms with Gasteiger partial charge in [0.2, 0.25) is 0 Å². The smallest absolute Gasteiger partial charge is 0.0431 e. The first-order chi connectivity index (χ1) is 5.09. The van der Waals surface area contributed by atoms with Crippen LogP contribution in [0.15, 0.2) is 0 Å². The van der Waals surface area contributed by atoms with E-state index in [1.54, 1.807) is 0 Å². The number of aliphatic hydroxyl groups excluding tert-OH is 1. The van der Waals surface area contributed by atoms with Gasteiger partial charge < -0.3 is 5.11 Å². The third-order valence-corrected chi connectivity index (χ3v) is 2.77. The summed E-state index contributed by atoms with van der Waals surface area (Å²) in [6.45, 7) is 9.45. The van der Waals surface area contributed by atoms with Crippen molar-refractivity contribution < 1.29 is 5.11 Å². The minimum atomic E-state index is 0.342. The molecule has 0 aliphatic rings. The van der Waals surface area contributed by atoms with E-state index in [4.69, 9.17) is 5.11 Å². The fraction of sp³-hybridized carbons (Fsp3) is 1.00. The van der Waals surface area contributed by atoms with Gasteiger partial charge in [-0.15, -0.1) is 0 Å². The molecule has 0 radical (unpaired) electrons. The molecule has 0 aromatic rings. The molecular formula is C10H22O. The van der Waals surface area contributed by atoms with Crippen LogP contribution in [-0.2, 0) is 0 Å². The van der Waals surface area contributed by atoms with Gasteiger partial charge in [0.1, 0.15) is 0 Å². The van der Waals surface area contributed by atoms with Gasteiger partial charge in [0, 0.05) is 6.61 Å². The molecular weight excluding hydrogens is 136 g/mol. The average molecular weight is 158 g/mol. The van der Waals surface area contributed by atoms with E-state index in [-0.39, 0.29) is 0 Å². The van der Waals surface area contributed by atoms with Crippen LogP contribution in [0, 0.1) is 17.8 Å². The lowest BCUT2D eigenvalue weighted by molar-refractivity contribution is 0.235. The van der Waals surface area contributed by atoms with Crippen molar-refractivity contribution in [1.29, 1.82) is 0 Å². The Balaban J connectivity index is 3.55. The summed E-state index contributed by atoms with van der Waals surface area (Å²) in [5.41, 5.74) is 0. The normalized spacial score (nSPS) is 16.9. The second kappa shape index (κ2) is 5.59. The Morgan fingerprint density at radius 3 is 2.00 bits per heavy atom. The summed E-state index contributed by atoms with van der Waals surface area (Å²) in [7, 11) is 0. The second-order valence-corrected chi connectivity index (χ2v) is 3.95. The molecule has 0 fully saturated rings. The fourth-order valence-electron chi connectivity index (χ4n) is 1.33. The molecule has 68 valence electrons. The Labute approximate surface area is 70.8 Å². The highest BCUT2D eigenvalue weighted by Crippen LogP contribution is 2.23. The molecule has 0 heterocycles. The first kappa shape index (κ1) is 11.0. The molecule has 11 heavy (non-hydrogen) atoms. The molecule has 0 amide bonds. The van der Waals surface area contributed by atoms with Crippen molar-refractivity contribution in [2.45, 2.75) is 40.5 Å². The molecule has 2 unspecified atom stereocenters. The Kier molecular flexibility index (Phi) is 5.57. The first-order valence-corrected chi connectivity index (χ1v) is 4.70. The number of hydrogen-bond donors (Lipinski definition) is 1. The zero-order valence-corrected chi connectivity index (χ0v) is 8.30. The van der Waals surface area contributed by atoms with Gasteiger partial charge in [-0.25, -0.2) is 0 Å². The molecule has 0 saturated carbocycles. The van der Waals surface area contributed by atoms with E-state index in [1.807, 2.05) is 0 Å². The lowest BCUT2D eigenvalue weighted by Gasteiger charge is -2.22. The SMILES string of the molecule is CC(C)C(C)C(C)CCCO. The van der Waals surface area contributed by atoms with Crippen molar-refractivity contribution >= 4 is 0 Å². The van der Waals surface area contributed by atoms with E-state index in [1.165, 1.54) is 0 Å². The minimum Gasteiger partial charge on any atom is -0.396 e. The van der Waals surface area contributed by atoms with Crippen LogP contribution in [0.4, 0.5) is 0 Å². The van der Waals surface area contributed by atoms with E-state index < -0.39 is 0 Å². The molecule has 0 aliphatic heterocycles. The van der Waals surface area contributed by atoms with Crippen LogP contribution >= 0.6 is 0 Å². The van der Waals surface area contributed by atoms with Gasteiger partial charge in [-0.1, -0.05) is 27.7 Å².